The number of esters is 2. The van der Waals surface area contributed by atoms with Gasteiger partial charge in [-0.05, 0) is 75.9 Å². The van der Waals surface area contributed by atoms with Gasteiger partial charge in [-0.2, -0.15) is 0 Å². The van der Waals surface area contributed by atoms with Gasteiger partial charge in [0.2, 0.25) is 5.75 Å². The summed E-state index contributed by atoms with van der Waals surface area (Å²) < 4.78 is 29.7. The Balaban J connectivity index is 2.23. The number of amides is 2. The number of ether oxygens (including phenoxy) is 5. The second kappa shape index (κ2) is 42.4. The van der Waals surface area contributed by atoms with E-state index in [-0.39, 0.29) is 37.5 Å². The summed E-state index contributed by atoms with van der Waals surface area (Å²) in [5.41, 5.74) is 1.13. The Labute approximate surface area is 425 Å². The highest BCUT2D eigenvalue weighted by Gasteiger charge is 2.25. The topological polar surface area (TPSA) is 138 Å². The molecule has 0 heterocycles. The lowest BCUT2D eigenvalue weighted by Gasteiger charge is -2.19. The molecule has 0 unspecified atom stereocenters. The Morgan fingerprint density at radius 3 is 1.23 bits per heavy atom. The van der Waals surface area contributed by atoms with Crippen LogP contribution < -0.4 is 24.8 Å². The van der Waals surface area contributed by atoms with Crippen molar-refractivity contribution >= 4 is 29.4 Å². The highest BCUT2D eigenvalue weighted by atomic mass is 16.5. The first-order chi connectivity index (χ1) is 34.3. The maximum absolute atomic E-state index is 14.1. The van der Waals surface area contributed by atoms with Crippen LogP contribution in [-0.4, -0.2) is 62.8 Å². The minimum absolute atomic E-state index is 0.0383. The number of unbranched alkanes of at least 4 members (excludes halogenated alkanes) is 27. The Kier molecular flexibility index (Phi) is 37.5. The molecule has 0 saturated heterocycles. The number of carbonyl (C=O) groups excluding carboxylic acids is 4. The van der Waals surface area contributed by atoms with Crippen LogP contribution in [0.25, 0.3) is 0 Å². The van der Waals surface area contributed by atoms with Crippen molar-refractivity contribution in [1.29, 1.82) is 0 Å². The van der Waals surface area contributed by atoms with Gasteiger partial charge >= 0.3 is 11.9 Å². The lowest BCUT2D eigenvalue weighted by molar-refractivity contribution is -0.146. The normalized spacial score (nSPS) is 11.5. The molecule has 70 heavy (non-hydrogen) atoms. The maximum atomic E-state index is 14.1. The van der Waals surface area contributed by atoms with E-state index in [2.05, 4.69) is 31.4 Å². The van der Waals surface area contributed by atoms with E-state index in [0.29, 0.717) is 48.3 Å². The van der Waals surface area contributed by atoms with Crippen molar-refractivity contribution in [2.75, 3.05) is 38.4 Å². The molecular weight excluding hydrogens is 881 g/mol. The van der Waals surface area contributed by atoms with Crippen LogP contribution in [0, 0.1) is 0 Å². The van der Waals surface area contributed by atoms with E-state index in [4.69, 9.17) is 23.7 Å². The summed E-state index contributed by atoms with van der Waals surface area (Å²) in [5.74, 6) is -0.366. The summed E-state index contributed by atoms with van der Waals surface area (Å²) in [5, 5.41) is 5.68. The smallest absolute Gasteiger partial charge is 0.328 e. The van der Waals surface area contributed by atoms with Gasteiger partial charge in [0.15, 0.2) is 11.5 Å². The molecule has 2 amide bonds. The predicted molar refractivity (Wildman–Crippen MR) is 287 cm³/mol. The zero-order valence-corrected chi connectivity index (χ0v) is 44.9. The molecule has 0 aliphatic rings. The number of rotatable bonds is 46. The Morgan fingerprint density at radius 2 is 0.829 bits per heavy atom. The highest BCUT2D eigenvalue weighted by molar-refractivity contribution is 6.05. The highest BCUT2D eigenvalue weighted by Crippen LogP contribution is 2.40. The van der Waals surface area contributed by atoms with E-state index in [1.165, 1.54) is 154 Å². The van der Waals surface area contributed by atoms with Crippen LogP contribution in [0.2, 0.25) is 0 Å². The summed E-state index contributed by atoms with van der Waals surface area (Å²) >= 11 is 0. The number of nitrogens with one attached hydrogen (secondary N) is 2. The molecule has 0 aromatic heterocycles. The molecule has 2 N–H and O–H groups in total. The van der Waals surface area contributed by atoms with E-state index in [1.807, 2.05) is 0 Å². The molecule has 0 aliphatic heterocycles. The first-order valence-corrected chi connectivity index (χ1v) is 28.4. The minimum Gasteiger partial charge on any atom is -0.490 e. The number of hydrogen-bond donors (Lipinski definition) is 2. The van der Waals surface area contributed by atoms with Crippen LogP contribution in [0.15, 0.2) is 36.4 Å². The fourth-order valence-corrected chi connectivity index (χ4v) is 8.51. The summed E-state index contributed by atoms with van der Waals surface area (Å²) in [6.07, 6.45) is 36.9. The van der Waals surface area contributed by atoms with E-state index < -0.39 is 23.9 Å². The van der Waals surface area contributed by atoms with Gasteiger partial charge in [0.25, 0.3) is 11.8 Å². The predicted octanol–water partition coefficient (Wildman–Crippen LogP) is 15.8. The third kappa shape index (κ3) is 29.8. The van der Waals surface area contributed by atoms with E-state index in [0.717, 1.165) is 38.5 Å². The zero-order chi connectivity index (χ0) is 50.7. The van der Waals surface area contributed by atoms with Crippen LogP contribution in [0.5, 0.6) is 17.2 Å². The van der Waals surface area contributed by atoms with Crippen molar-refractivity contribution in [1.82, 2.24) is 5.32 Å². The summed E-state index contributed by atoms with van der Waals surface area (Å²) in [6.45, 7) is 12.1. The monoisotopic (exact) mass is 979 g/mol. The van der Waals surface area contributed by atoms with Gasteiger partial charge in [-0.1, -0.05) is 194 Å². The van der Waals surface area contributed by atoms with Crippen molar-refractivity contribution < 1.29 is 42.9 Å². The molecule has 11 nitrogen and oxygen atoms in total. The third-order valence-corrected chi connectivity index (χ3v) is 12.8. The van der Waals surface area contributed by atoms with Crippen LogP contribution in [0.3, 0.4) is 0 Å². The summed E-state index contributed by atoms with van der Waals surface area (Å²) in [4.78, 5) is 52.0. The van der Waals surface area contributed by atoms with Crippen molar-refractivity contribution in [3.8, 4) is 17.2 Å². The fraction of sp³-hybridized carbons (Fsp3) is 0.729. The van der Waals surface area contributed by atoms with Gasteiger partial charge in [-0.3, -0.25) is 14.4 Å². The summed E-state index contributed by atoms with van der Waals surface area (Å²) in [7, 11) is 0. The SMILES string of the molecule is CCCCCCCCCCCCOc1cc(C(=O)Nc2ccc(C(=O)N[C@@H](CCC(=O)OCC)C(=O)OCC)cc2)cc(OCCCCCCCCCCCC)c1OCCCCCCCCCCCC. The largest absolute Gasteiger partial charge is 0.490 e. The molecule has 398 valence electrons. The zero-order valence-electron chi connectivity index (χ0n) is 44.9. The van der Waals surface area contributed by atoms with Crippen LogP contribution in [-0.2, 0) is 19.1 Å². The second-order valence-corrected chi connectivity index (χ2v) is 19.0. The summed E-state index contributed by atoms with van der Waals surface area (Å²) in [6, 6.07) is 8.93. The first-order valence-electron chi connectivity index (χ1n) is 28.4. The standard InChI is InChI=1S/C59H98N2O9/c1-6-11-14-17-20-23-26-29-32-35-44-68-53-47-50(58(64)60-51-40-38-49(39-41-51)57(63)61-52(59(65)67-10-5)42-43-55(62)66-9-4)48-54(69-45-36-33-30-27-24-21-18-15-12-7-2)56(53)70-46-37-34-31-28-25-22-19-16-13-8-3/h38-41,47-48,52H,6-37,42-46H2,1-5H3,(H,60,64)(H,61,63)/t52-/m0/s1. The Morgan fingerprint density at radius 1 is 0.443 bits per heavy atom. The van der Waals surface area contributed by atoms with Crippen molar-refractivity contribution in [2.24, 2.45) is 0 Å². The van der Waals surface area contributed by atoms with Crippen LogP contribution in [0.4, 0.5) is 5.69 Å². The van der Waals surface area contributed by atoms with Crippen molar-refractivity contribution in [3.05, 3.63) is 47.5 Å². The molecule has 1 atom stereocenters. The van der Waals surface area contributed by atoms with E-state index in [9.17, 15) is 19.2 Å². The average molecular weight is 979 g/mol. The van der Waals surface area contributed by atoms with Gasteiger partial charge < -0.3 is 34.3 Å². The quantitative estimate of drug-likeness (QED) is 0.0490. The van der Waals surface area contributed by atoms with Crippen LogP contribution in [0.1, 0.15) is 261 Å². The molecule has 2 aromatic rings. The van der Waals surface area contributed by atoms with Gasteiger partial charge in [-0.25, -0.2) is 4.79 Å². The number of hydrogen-bond acceptors (Lipinski definition) is 9. The molecular formula is C59H98N2O9. The second-order valence-electron chi connectivity index (χ2n) is 19.0. The lowest BCUT2D eigenvalue weighted by Crippen LogP contribution is -2.42. The van der Waals surface area contributed by atoms with Gasteiger partial charge in [-0.15, -0.1) is 0 Å². The maximum Gasteiger partial charge on any atom is 0.328 e. The van der Waals surface area contributed by atoms with Gasteiger partial charge in [0.05, 0.1) is 33.0 Å². The minimum atomic E-state index is -1.03. The molecule has 0 bridgehead atoms. The average Bonchev–Trinajstić information content (AvgIpc) is 3.36. The Hall–Kier alpha value is -4.28. The molecule has 0 spiro atoms. The first kappa shape index (κ1) is 61.8. The van der Waals surface area contributed by atoms with E-state index in [1.54, 1.807) is 50.2 Å². The van der Waals surface area contributed by atoms with Gasteiger partial charge in [0.1, 0.15) is 6.04 Å². The molecule has 0 saturated carbocycles. The molecule has 2 rings (SSSR count). The van der Waals surface area contributed by atoms with Crippen molar-refractivity contribution in [2.45, 2.75) is 246 Å². The molecule has 2 aromatic carbocycles. The fourth-order valence-electron chi connectivity index (χ4n) is 8.51. The third-order valence-electron chi connectivity index (χ3n) is 12.8. The van der Waals surface area contributed by atoms with Gasteiger partial charge in [0, 0.05) is 23.2 Å². The van der Waals surface area contributed by atoms with E-state index >= 15 is 0 Å². The lowest BCUT2D eigenvalue weighted by atomic mass is 10.1. The van der Waals surface area contributed by atoms with Crippen molar-refractivity contribution in [3.63, 3.8) is 0 Å². The molecule has 0 fully saturated rings. The Bertz CT molecular complexity index is 1600. The molecule has 0 aliphatic carbocycles. The molecule has 0 radical (unpaired) electrons. The van der Waals surface area contributed by atoms with Crippen LogP contribution >= 0.6 is 0 Å². The number of anilines is 1. The number of benzene rings is 2. The number of carbonyl (C=O) groups is 4. The molecule has 11 heteroatoms.